The third-order valence-electron chi connectivity index (χ3n) is 5.64. The Morgan fingerprint density at radius 1 is 0.941 bits per heavy atom. The molecule has 2 aromatic rings. The highest BCUT2D eigenvalue weighted by Crippen LogP contribution is 2.34. The van der Waals surface area contributed by atoms with E-state index in [2.05, 4.69) is 27.2 Å². The fraction of sp³-hybridized carbons (Fsp3) is 0.480. The van der Waals surface area contributed by atoms with Gasteiger partial charge in [-0.3, -0.25) is 14.6 Å². The van der Waals surface area contributed by atoms with Crippen LogP contribution in [0.25, 0.3) is 0 Å². The zero-order valence-electron chi connectivity index (χ0n) is 20.1. The molecule has 184 valence electrons. The molecule has 1 N–H and O–H groups in total. The summed E-state index contributed by atoms with van der Waals surface area (Å²) in [5.74, 6) is -1.30. The van der Waals surface area contributed by atoms with Crippen LogP contribution in [-0.2, 0) is 20.8 Å². The molecule has 0 radical (unpaired) electrons. The fourth-order valence-corrected chi connectivity index (χ4v) is 5.10. The zero-order valence-corrected chi connectivity index (χ0v) is 20.9. The van der Waals surface area contributed by atoms with Crippen LogP contribution in [0.5, 0.6) is 0 Å². The van der Waals surface area contributed by atoms with Crippen LogP contribution >= 0.6 is 11.3 Å². The number of esters is 2. The molecule has 0 aliphatic carbocycles. The molecule has 1 fully saturated rings. The van der Waals surface area contributed by atoms with Crippen LogP contribution in [0.2, 0.25) is 0 Å². The summed E-state index contributed by atoms with van der Waals surface area (Å²) in [6, 6.07) is 10.4. The van der Waals surface area contributed by atoms with Crippen molar-refractivity contribution in [2.75, 3.05) is 51.3 Å². The quantitative estimate of drug-likeness (QED) is 0.541. The topological polar surface area (TPSA) is 88.2 Å². The number of nitrogens with one attached hydrogen (secondary N) is 1. The number of hydrogen-bond donors (Lipinski definition) is 1. The number of carbonyl (C=O) groups excluding carboxylic acids is 3. The third-order valence-corrected chi connectivity index (χ3v) is 6.82. The average molecular weight is 488 g/mol. The minimum absolute atomic E-state index is 0.198. The molecule has 1 aromatic carbocycles. The van der Waals surface area contributed by atoms with E-state index in [9.17, 15) is 14.4 Å². The van der Waals surface area contributed by atoms with E-state index in [4.69, 9.17) is 9.47 Å². The van der Waals surface area contributed by atoms with Crippen LogP contribution in [0.3, 0.4) is 0 Å². The molecule has 0 saturated carbocycles. The molecule has 3 rings (SSSR count). The Balaban J connectivity index is 1.64. The third kappa shape index (κ3) is 6.88. The number of hydrogen-bond acceptors (Lipinski definition) is 8. The summed E-state index contributed by atoms with van der Waals surface area (Å²) in [5, 5.41) is 3.17. The predicted octanol–water partition coefficient (Wildman–Crippen LogP) is 3.56. The van der Waals surface area contributed by atoms with E-state index in [1.54, 1.807) is 20.8 Å². The fourth-order valence-electron chi connectivity index (χ4n) is 3.99. The molecular weight excluding hydrogens is 454 g/mol. The van der Waals surface area contributed by atoms with E-state index < -0.39 is 11.9 Å². The van der Waals surface area contributed by atoms with Crippen molar-refractivity contribution >= 4 is 34.2 Å². The largest absolute Gasteiger partial charge is 0.462 e. The highest BCUT2D eigenvalue weighted by atomic mass is 32.1. The highest BCUT2D eigenvalue weighted by molar-refractivity contribution is 7.18. The van der Waals surface area contributed by atoms with E-state index in [0.717, 1.165) is 50.5 Å². The second-order valence-corrected chi connectivity index (χ2v) is 9.16. The normalized spacial score (nSPS) is 14.9. The minimum atomic E-state index is -0.562. The van der Waals surface area contributed by atoms with Gasteiger partial charge in [0.15, 0.2) is 0 Å². The lowest BCUT2D eigenvalue weighted by Crippen LogP contribution is -2.36. The number of ether oxygens (including phenoxy) is 2. The molecule has 0 bridgehead atoms. The van der Waals surface area contributed by atoms with Crippen LogP contribution in [-0.4, -0.2) is 73.6 Å². The van der Waals surface area contributed by atoms with Crippen molar-refractivity contribution in [1.29, 1.82) is 0 Å². The van der Waals surface area contributed by atoms with Gasteiger partial charge < -0.3 is 14.8 Å². The van der Waals surface area contributed by atoms with E-state index in [-0.39, 0.29) is 31.2 Å². The number of carbonyl (C=O) groups is 3. The van der Waals surface area contributed by atoms with Gasteiger partial charge in [-0.25, -0.2) is 9.59 Å². The summed E-state index contributed by atoms with van der Waals surface area (Å²) < 4.78 is 10.3. The summed E-state index contributed by atoms with van der Waals surface area (Å²) in [4.78, 5) is 42.6. The van der Waals surface area contributed by atoms with Gasteiger partial charge in [0, 0.05) is 19.6 Å². The molecule has 8 nitrogen and oxygen atoms in total. The van der Waals surface area contributed by atoms with Crippen molar-refractivity contribution in [3.05, 3.63) is 51.9 Å². The summed E-state index contributed by atoms with van der Waals surface area (Å²) >= 11 is 1.05. The van der Waals surface area contributed by atoms with Crippen LogP contribution in [0.15, 0.2) is 30.3 Å². The first kappa shape index (κ1) is 25.9. The Labute approximate surface area is 204 Å². The highest BCUT2D eigenvalue weighted by Gasteiger charge is 2.28. The van der Waals surface area contributed by atoms with Crippen LogP contribution in [0.1, 0.15) is 51.4 Å². The summed E-state index contributed by atoms with van der Waals surface area (Å²) in [6.45, 7) is 10.1. The van der Waals surface area contributed by atoms with E-state index in [1.807, 2.05) is 18.2 Å². The maximum Gasteiger partial charge on any atom is 0.348 e. The number of rotatable bonds is 9. The van der Waals surface area contributed by atoms with Crippen molar-refractivity contribution < 1.29 is 23.9 Å². The van der Waals surface area contributed by atoms with Crippen molar-refractivity contribution in [3.8, 4) is 0 Å². The van der Waals surface area contributed by atoms with Crippen molar-refractivity contribution in [2.24, 2.45) is 0 Å². The lowest BCUT2D eigenvalue weighted by molar-refractivity contribution is -0.117. The van der Waals surface area contributed by atoms with Gasteiger partial charge >= 0.3 is 11.9 Å². The smallest absolute Gasteiger partial charge is 0.348 e. The second kappa shape index (κ2) is 12.6. The molecule has 1 aliphatic heterocycles. The molecule has 0 spiro atoms. The Morgan fingerprint density at radius 2 is 1.59 bits per heavy atom. The second-order valence-electron chi connectivity index (χ2n) is 8.14. The molecule has 34 heavy (non-hydrogen) atoms. The molecule has 0 unspecified atom stereocenters. The number of amides is 1. The first-order valence-corrected chi connectivity index (χ1v) is 12.5. The molecule has 1 aliphatic rings. The molecule has 0 atom stereocenters. The lowest BCUT2D eigenvalue weighted by Gasteiger charge is -2.21. The van der Waals surface area contributed by atoms with Crippen LogP contribution < -0.4 is 5.32 Å². The summed E-state index contributed by atoms with van der Waals surface area (Å²) in [6.07, 6.45) is 0.972. The van der Waals surface area contributed by atoms with E-state index >= 15 is 0 Å². The molecule has 1 saturated heterocycles. The molecule has 9 heteroatoms. The standard InChI is InChI=1S/C25H33N3O5S/c1-4-32-24(30)21-18(3)22(25(31)33-5-2)34-23(21)26-20(29)17-28-13-9-12-27(14-15-28)16-19-10-7-6-8-11-19/h6-8,10-11H,4-5,9,12-17H2,1-3H3,(H,26,29). The average Bonchev–Trinajstić information content (AvgIpc) is 2.97. The SMILES string of the molecule is CCOC(=O)c1sc(NC(=O)CN2CCCN(Cc3ccccc3)CC2)c(C(=O)OCC)c1C. The molecular formula is C25H33N3O5S. The Bertz CT molecular complexity index is 992. The lowest BCUT2D eigenvalue weighted by atomic mass is 10.1. The van der Waals surface area contributed by atoms with Crippen LogP contribution in [0.4, 0.5) is 5.00 Å². The molecule has 1 amide bonds. The number of benzene rings is 1. The van der Waals surface area contributed by atoms with E-state index in [0.29, 0.717) is 15.4 Å². The number of anilines is 1. The summed E-state index contributed by atoms with van der Waals surface area (Å²) in [7, 11) is 0. The number of thiophene rings is 1. The van der Waals surface area contributed by atoms with Crippen LogP contribution in [0, 0.1) is 6.92 Å². The van der Waals surface area contributed by atoms with Gasteiger partial charge in [-0.15, -0.1) is 11.3 Å². The Hall–Kier alpha value is -2.75. The van der Waals surface area contributed by atoms with Gasteiger partial charge in [-0.05, 0) is 51.4 Å². The van der Waals surface area contributed by atoms with Crippen molar-refractivity contribution in [2.45, 2.75) is 33.7 Å². The first-order valence-electron chi connectivity index (χ1n) is 11.7. The maximum absolute atomic E-state index is 12.9. The van der Waals surface area contributed by atoms with Gasteiger partial charge in [-0.2, -0.15) is 0 Å². The van der Waals surface area contributed by atoms with Gasteiger partial charge in [0.25, 0.3) is 0 Å². The first-order chi connectivity index (χ1) is 16.4. The van der Waals surface area contributed by atoms with Gasteiger partial charge in [0.1, 0.15) is 9.88 Å². The Kier molecular flexibility index (Phi) is 9.62. The Morgan fingerprint density at radius 3 is 2.29 bits per heavy atom. The monoisotopic (exact) mass is 487 g/mol. The molecule has 2 heterocycles. The van der Waals surface area contributed by atoms with Gasteiger partial charge in [-0.1, -0.05) is 30.3 Å². The van der Waals surface area contributed by atoms with Gasteiger partial charge in [0.05, 0.1) is 25.3 Å². The zero-order chi connectivity index (χ0) is 24.5. The minimum Gasteiger partial charge on any atom is -0.462 e. The molecule has 1 aromatic heterocycles. The predicted molar refractivity (Wildman–Crippen MR) is 132 cm³/mol. The van der Waals surface area contributed by atoms with Gasteiger partial charge in [0.2, 0.25) is 5.91 Å². The maximum atomic E-state index is 12.9. The van der Waals surface area contributed by atoms with E-state index in [1.165, 1.54) is 5.56 Å². The van der Waals surface area contributed by atoms with Crippen molar-refractivity contribution in [1.82, 2.24) is 9.80 Å². The van der Waals surface area contributed by atoms with Crippen molar-refractivity contribution in [3.63, 3.8) is 0 Å². The summed E-state index contributed by atoms with van der Waals surface area (Å²) in [5.41, 5.74) is 1.96. The number of nitrogens with zero attached hydrogens (tertiary/aromatic N) is 2.